The average Bonchev–Trinajstić information content (AvgIpc) is 2.10. The Kier molecular flexibility index (Phi) is 9.59. The SMILES string of the molecule is C#COCCOCCOCCN. The van der Waals surface area contributed by atoms with E-state index in [0.717, 1.165) is 0 Å². The van der Waals surface area contributed by atoms with Crippen molar-refractivity contribution < 1.29 is 14.2 Å². The molecule has 0 aromatic carbocycles. The minimum Gasteiger partial charge on any atom is -0.444 e. The Morgan fingerprint density at radius 1 is 1.00 bits per heavy atom. The fourth-order valence-electron chi connectivity index (χ4n) is 0.565. The van der Waals surface area contributed by atoms with Crippen molar-refractivity contribution >= 4 is 0 Å². The Labute approximate surface area is 73.0 Å². The van der Waals surface area contributed by atoms with Crippen LogP contribution in [0.5, 0.6) is 0 Å². The van der Waals surface area contributed by atoms with Gasteiger partial charge in [-0.3, -0.25) is 0 Å². The highest BCUT2D eigenvalue weighted by Gasteiger charge is 1.88. The fraction of sp³-hybridized carbons (Fsp3) is 0.750. The van der Waals surface area contributed by atoms with Crippen molar-refractivity contribution in [3.63, 3.8) is 0 Å². The molecule has 0 aromatic heterocycles. The third-order valence-electron chi connectivity index (χ3n) is 1.05. The predicted octanol–water partition coefficient (Wildman–Crippen LogP) is -0.414. The monoisotopic (exact) mass is 173 g/mol. The molecule has 4 nitrogen and oxygen atoms in total. The quantitative estimate of drug-likeness (QED) is 0.400. The summed E-state index contributed by atoms with van der Waals surface area (Å²) in [7, 11) is 0. The van der Waals surface area contributed by atoms with Gasteiger partial charge < -0.3 is 19.9 Å². The second-order valence-corrected chi connectivity index (χ2v) is 1.98. The summed E-state index contributed by atoms with van der Waals surface area (Å²) in [4.78, 5) is 0. The first kappa shape index (κ1) is 11.2. The second kappa shape index (κ2) is 10.2. The number of rotatable bonds is 8. The number of hydrogen-bond donors (Lipinski definition) is 1. The Bertz CT molecular complexity index is 122. The van der Waals surface area contributed by atoms with E-state index in [9.17, 15) is 0 Å². The lowest BCUT2D eigenvalue weighted by atomic mass is 10.7. The Balaban J connectivity index is 2.78. The van der Waals surface area contributed by atoms with Gasteiger partial charge in [-0.15, -0.1) is 0 Å². The van der Waals surface area contributed by atoms with Gasteiger partial charge in [0.05, 0.1) is 26.4 Å². The molecule has 0 unspecified atom stereocenters. The molecule has 0 aliphatic heterocycles. The van der Waals surface area contributed by atoms with Crippen molar-refractivity contribution in [2.24, 2.45) is 5.73 Å². The predicted molar refractivity (Wildman–Crippen MR) is 45.5 cm³/mol. The Morgan fingerprint density at radius 3 is 2.17 bits per heavy atom. The summed E-state index contributed by atoms with van der Waals surface area (Å²) in [5, 5.41) is 0. The van der Waals surface area contributed by atoms with Crippen LogP contribution in [0.1, 0.15) is 0 Å². The number of ether oxygens (including phenoxy) is 3. The molecule has 0 fully saturated rings. The van der Waals surface area contributed by atoms with Crippen LogP contribution >= 0.6 is 0 Å². The molecule has 0 aromatic rings. The summed E-state index contributed by atoms with van der Waals surface area (Å²) in [5.74, 6) is 0. The first-order valence-electron chi connectivity index (χ1n) is 3.84. The van der Waals surface area contributed by atoms with E-state index in [1.54, 1.807) is 0 Å². The Morgan fingerprint density at radius 2 is 1.58 bits per heavy atom. The maximum atomic E-state index is 5.20. The van der Waals surface area contributed by atoms with Gasteiger partial charge in [0.25, 0.3) is 0 Å². The number of nitrogens with two attached hydrogens (primary N) is 1. The van der Waals surface area contributed by atoms with E-state index in [-0.39, 0.29) is 0 Å². The third kappa shape index (κ3) is 9.24. The van der Waals surface area contributed by atoms with E-state index >= 15 is 0 Å². The number of hydrogen-bond acceptors (Lipinski definition) is 4. The van der Waals surface area contributed by atoms with E-state index in [1.807, 2.05) is 0 Å². The van der Waals surface area contributed by atoms with Crippen molar-refractivity contribution in [2.75, 3.05) is 39.6 Å². The van der Waals surface area contributed by atoms with Crippen LogP contribution in [0.3, 0.4) is 0 Å². The summed E-state index contributed by atoms with van der Waals surface area (Å²) in [6, 6.07) is 0. The standard InChI is InChI=1S/C8H15NO3/c1-2-10-5-6-12-8-7-11-4-3-9/h1H,3-9H2. The van der Waals surface area contributed by atoms with Crippen molar-refractivity contribution in [3.8, 4) is 12.5 Å². The molecule has 12 heavy (non-hydrogen) atoms. The number of terminal acetylenes is 1. The largest absolute Gasteiger partial charge is 0.444 e. The van der Waals surface area contributed by atoms with Crippen molar-refractivity contribution in [3.05, 3.63) is 0 Å². The molecule has 0 aliphatic carbocycles. The summed E-state index contributed by atoms with van der Waals surface area (Å²) >= 11 is 0. The van der Waals surface area contributed by atoms with E-state index in [4.69, 9.17) is 21.6 Å². The topological polar surface area (TPSA) is 53.7 Å². The maximum absolute atomic E-state index is 5.20. The summed E-state index contributed by atoms with van der Waals surface area (Å²) in [6.07, 6.45) is 6.89. The zero-order chi connectivity index (χ0) is 9.07. The van der Waals surface area contributed by atoms with Gasteiger partial charge >= 0.3 is 0 Å². The molecule has 0 amide bonds. The smallest absolute Gasteiger partial charge is 0.123 e. The van der Waals surface area contributed by atoms with E-state index in [1.165, 1.54) is 0 Å². The highest BCUT2D eigenvalue weighted by molar-refractivity contribution is 4.67. The zero-order valence-corrected chi connectivity index (χ0v) is 7.12. The van der Waals surface area contributed by atoms with Gasteiger partial charge in [-0.2, -0.15) is 0 Å². The molecule has 0 rings (SSSR count). The minimum atomic E-state index is 0.424. The van der Waals surface area contributed by atoms with Crippen molar-refractivity contribution in [1.29, 1.82) is 0 Å². The van der Waals surface area contributed by atoms with Gasteiger partial charge in [-0.25, -0.2) is 0 Å². The van der Waals surface area contributed by atoms with Gasteiger partial charge in [0.1, 0.15) is 12.7 Å². The van der Waals surface area contributed by atoms with E-state index in [0.29, 0.717) is 39.6 Å². The summed E-state index contributed by atoms with van der Waals surface area (Å²) in [6.45, 7) is 3.15. The first-order valence-corrected chi connectivity index (χ1v) is 3.84. The average molecular weight is 173 g/mol. The fourth-order valence-corrected chi connectivity index (χ4v) is 0.565. The van der Waals surface area contributed by atoms with Crippen LogP contribution in [0, 0.1) is 12.5 Å². The van der Waals surface area contributed by atoms with Crippen molar-refractivity contribution in [1.82, 2.24) is 0 Å². The first-order chi connectivity index (χ1) is 5.91. The van der Waals surface area contributed by atoms with Crippen LogP contribution in [0.25, 0.3) is 0 Å². The van der Waals surface area contributed by atoms with Crippen LogP contribution in [-0.2, 0) is 14.2 Å². The van der Waals surface area contributed by atoms with Gasteiger partial charge in [-0.05, 0) is 0 Å². The van der Waals surface area contributed by atoms with Crippen LogP contribution in [0.2, 0.25) is 0 Å². The second-order valence-electron chi connectivity index (χ2n) is 1.98. The van der Waals surface area contributed by atoms with Gasteiger partial charge in [0, 0.05) is 6.54 Å². The van der Waals surface area contributed by atoms with Gasteiger partial charge in [0.2, 0.25) is 0 Å². The zero-order valence-electron chi connectivity index (χ0n) is 7.12. The molecule has 70 valence electrons. The molecule has 0 saturated carbocycles. The van der Waals surface area contributed by atoms with Crippen molar-refractivity contribution in [2.45, 2.75) is 0 Å². The molecule has 0 heterocycles. The molecular weight excluding hydrogens is 158 g/mol. The molecule has 4 heteroatoms. The molecule has 0 bridgehead atoms. The lowest BCUT2D eigenvalue weighted by Gasteiger charge is -2.03. The molecule has 2 N–H and O–H groups in total. The molecule has 0 radical (unpaired) electrons. The Hall–Kier alpha value is -0.760. The third-order valence-corrected chi connectivity index (χ3v) is 1.05. The highest BCUT2D eigenvalue weighted by Crippen LogP contribution is 1.78. The minimum absolute atomic E-state index is 0.424. The van der Waals surface area contributed by atoms with Crippen LogP contribution in [0.15, 0.2) is 0 Å². The molecule has 0 saturated heterocycles. The van der Waals surface area contributed by atoms with Gasteiger partial charge in [0.15, 0.2) is 0 Å². The van der Waals surface area contributed by atoms with Crippen LogP contribution in [-0.4, -0.2) is 39.6 Å². The lowest BCUT2D eigenvalue weighted by Crippen LogP contribution is -2.13. The summed E-state index contributed by atoms with van der Waals surface area (Å²) < 4.78 is 14.8. The van der Waals surface area contributed by atoms with E-state index in [2.05, 4.69) is 10.8 Å². The lowest BCUT2D eigenvalue weighted by molar-refractivity contribution is 0.0352. The maximum Gasteiger partial charge on any atom is 0.123 e. The van der Waals surface area contributed by atoms with Crippen LogP contribution in [0.4, 0.5) is 0 Å². The van der Waals surface area contributed by atoms with Gasteiger partial charge in [-0.1, -0.05) is 6.42 Å². The molecule has 0 spiro atoms. The van der Waals surface area contributed by atoms with Crippen LogP contribution < -0.4 is 5.73 Å². The normalized spacial score (nSPS) is 9.33. The molecule has 0 aliphatic rings. The highest BCUT2D eigenvalue weighted by atomic mass is 16.5. The summed E-state index contributed by atoms with van der Waals surface area (Å²) in [5.41, 5.74) is 5.20. The van der Waals surface area contributed by atoms with E-state index < -0.39 is 0 Å². The molecular formula is C8H15NO3. The molecule has 0 atom stereocenters.